The van der Waals surface area contributed by atoms with Gasteiger partial charge < -0.3 is 5.32 Å². The smallest absolute Gasteiger partial charge is 0.149 e. The van der Waals surface area contributed by atoms with Crippen molar-refractivity contribution in [1.82, 2.24) is 10.2 Å². The van der Waals surface area contributed by atoms with Crippen LogP contribution in [-0.2, 0) is 0 Å². The van der Waals surface area contributed by atoms with Gasteiger partial charge >= 0.3 is 0 Å². The average Bonchev–Trinajstić information content (AvgIpc) is 2.38. The summed E-state index contributed by atoms with van der Waals surface area (Å²) >= 11 is 0. The standard InChI is InChI=1S/C12H16N4/c13-8-9-14-12-7-6-11(15-16-12)10-4-2-1-3-5-10/h6-7,10H,1-5,9H2,(H,14,16). The summed E-state index contributed by atoms with van der Waals surface area (Å²) in [5.74, 6) is 1.27. The Kier molecular flexibility index (Phi) is 3.71. The third-order valence-corrected chi connectivity index (χ3v) is 3.06. The Hall–Kier alpha value is -1.63. The van der Waals surface area contributed by atoms with E-state index in [1.54, 1.807) is 0 Å². The van der Waals surface area contributed by atoms with Crippen molar-refractivity contribution >= 4 is 5.82 Å². The molecule has 0 atom stereocenters. The van der Waals surface area contributed by atoms with Crippen LogP contribution in [0.2, 0.25) is 0 Å². The number of hydrogen-bond donors (Lipinski definition) is 1. The second kappa shape index (κ2) is 5.45. The van der Waals surface area contributed by atoms with Crippen LogP contribution >= 0.6 is 0 Å². The Morgan fingerprint density at radius 3 is 2.69 bits per heavy atom. The van der Waals surface area contributed by atoms with Crippen LogP contribution in [0.3, 0.4) is 0 Å². The van der Waals surface area contributed by atoms with Gasteiger partial charge in [0.1, 0.15) is 12.4 Å². The summed E-state index contributed by atoms with van der Waals surface area (Å²) in [6, 6.07) is 5.96. The van der Waals surface area contributed by atoms with Crippen LogP contribution < -0.4 is 5.32 Å². The van der Waals surface area contributed by atoms with Crippen LogP contribution in [0, 0.1) is 11.3 Å². The maximum Gasteiger partial charge on any atom is 0.149 e. The summed E-state index contributed by atoms with van der Waals surface area (Å²) in [6.45, 7) is 0.275. The molecule has 0 unspecified atom stereocenters. The highest BCUT2D eigenvalue weighted by molar-refractivity contribution is 5.34. The lowest BCUT2D eigenvalue weighted by Crippen LogP contribution is -2.09. The van der Waals surface area contributed by atoms with E-state index < -0.39 is 0 Å². The molecule has 16 heavy (non-hydrogen) atoms. The van der Waals surface area contributed by atoms with Crippen molar-refractivity contribution in [3.8, 4) is 6.07 Å². The highest BCUT2D eigenvalue weighted by Crippen LogP contribution is 2.31. The first kappa shape index (κ1) is 10.9. The maximum absolute atomic E-state index is 8.43. The van der Waals surface area contributed by atoms with Gasteiger partial charge in [-0.1, -0.05) is 19.3 Å². The first-order chi connectivity index (χ1) is 7.90. The molecule has 84 valence electrons. The zero-order valence-electron chi connectivity index (χ0n) is 9.32. The highest BCUT2D eigenvalue weighted by Gasteiger charge is 2.16. The van der Waals surface area contributed by atoms with Gasteiger partial charge in [0.2, 0.25) is 0 Å². The van der Waals surface area contributed by atoms with Gasteiger partial charge in [0.05, 0.1) is 11.8 Å². The van der Waals surface area contributed by atoms with Crippen molar-refractivity contribution in [2.75, 3.05) is 11.9 Å². The predicted molar refractivity (Wildman–Crippen MR) is 62.0 cm³/mol. The van der Waals surface area contributed by atoms with E-state index in [9.17, 15) is 0 Å². The number of hydrogen-bond acceptors (Lipinski definition) is 4. The van der Waals surface area contributed by atoms with E-state index in [0.717, 1.165) is 5.69 Å². The third-order valence-electron chi connectivity index (χ3n) is 3.06. The minimum absolute atomic E-state index is 0.275. The molecular formula is C12H16N4. The minimum atomic E-state index is 0.275. The van der Waals surface area contributed by atoms with E-state index in [1.165, 1.54) is 32.1 Å². The molecular weight excluding hydrogens is 200 g/mol. The summed E-state index contributed by atoms with van der Waals surface area (Å²) < 4.78 is 0. The number of nitriles is 1. The van der Waals surface area contributed by atoms with E-state index in [4.69, 9.17) is 5.26 Å². The summed E-state index contributed by atoms with van der Waals surface area (Å²) in [5, 5.41) is 19.6. The molecule has 1 aromatic heterocycles. The first-order valence-electron chi connectivity index (χ1n) is 5.84. The van der Waals surface area contributed by atoms with Gasteiger partial charge in [0.15, 0.2) is 0 Å². The van der Waals surface area contributed by atoms with E-state index in [0.29, 0.717) is 11.7 Å². The molecule has 0 spiro atoms. The van der Waals surface area contributed by atoms with Gasteiger partial charge in [0, 0.05) is 5.92 Å². The maximum atomic E-state index is 8.43. The molecule has 4 heteroatoms. The van der Waals surface area contributed by atoms with Crippen LogP contribution in [0.1, 0.15) is 43.7 Å². The number of nitrogens with one attached hydrogen (secondary N) is 1. The topological polar surface area (TPSA) is 61.6 Å². The van der Waals surface area contributed by atoms with Gasteiger partial charge in [0.25, 0.3) is 0 Å². The van der Waals surface area contributed by atoms with E-state index in [2.05, 4.69) is 15.5 Å². The molecule has 1 saturated carbocycles. The number of rotatable bonds is 3. The number of aromatic nitrogens is 2. The molecule has 1 fully saturated rings. The fourth-order valence-electron chi connectivity index (χ4n) is 2.18. The molecule has 4 nitrogen and oxygen atoms in total. The second-order valence-corrected chi connectivity index (χ2v) is 4.19. The molecule has 0 amide bonds. The predicted octanol–water partition coefficient (Wildman–Crippen LogP) is 2.46. The summed E-state index contributed by atoms with van der Waals surface area (Å²) in [7, 11) is 0. The third kappa shape index (κ3) is 2.69. The van der Waals surface area contributed by atoms with Gasteiger partial charge in [-0.25, -0.2) is 0 Å². The van der Waals surface area contributed by atoms with Crippen molar-refractivity contribution in [3.05, 3.63) is 17.8 Å². The zero-order chi connectivity index (χ0) is 11.2. The largest absolute Gasteiger partial charge is 0.356 e. The molecule has 1 heterocycles. The molecule has 2 rings (SSSR count). The SMILES string of the molecule is N#CCNc1ccc(C2CCCCC2)nn1. The normalized spacial score (nSPS) is 16.7. The fourth-order valence-corrected chi connectivity index (χ4v) is 2.18. The van der Waals surface area contributed by atoms with E-state index in [1.807, 2.05) is 18.2 Å². The summed E-state index contributed by atoms with van der Waals surface area (Å²) in [6.07, 6.45) is 6.44. The second-order valence-electron chi connectivity index (χ2n) is 4.19. The summed E-state index contributed by atoms with van der Waals surface area (Å²) in [4.78, 5) is 0. The summed E-state index contributed by atoms with van der Waals surface area (Å²) in [5.41, 5.74) is 1.10. The van der Waals surface area contributed by atoms with Crippen LogP contribution in [0.25, 0.3) is 0 Å². The molecule has 1 aromatic rings. The lowest BCUT2D eigenvalue weighted by atomic mass is 9.87. The Bertz CT molecular complexity index is 360. The monoisotopic (exact) mass is 216 g/mol. The lowest BCUT2D eigenvalue weighted by Gasteiger charge is -2.20. The van der Waals surface area contributed by atoms with Gasteiger partial charge in [-0.15, -0.1) is 5.10 Å². The average molecular weight is 216 g/mol. The Labute approximate surface area is 95.7 Å². The van der Waals surface area contributed by atoms with Gasteiger partial charge in [-0.3, -0.25) is 0 Å². The van der Waals surface area contributed by atoms with Crippen molar-refractivity contribution in [2.24, 2.45) is 0 Å². The lowest BCUT2D eigenvalue weighted by molar-refractivity contribution is 0.434. The van der Waals surface area contributed by atoms with Crippen LogP contribution in [0.5, 0.6) is 0 Å². The van der Waals surface area contributed by atoms with Gasteiger partial charge in [-0.05, 0) is 25.0 Å². The molecule has 0 aliphatic heterocycles. The quantitative estimate of drug-likeness (QED) is 0.788. The molecule has 1 aliphatic rings. The van der Waals surface area contributed by atoms with Crippen molar-refractivity contribution < 1.29 is 0 Å². The number of anilines is 1. The molecule has 1 N–H and O–H groups in total. The van der Waals surface area contributed by atoms with Crippen molar-refractivity contribution in [3.63, 3.8) is 0 Å². The molecule has 0 saturated heterocycles. The first-order valence-corrected chi connectivity index (χ1v) is 5.84. The fraction of sp³-hybridized carbons (Fsp3) is 0.583. The molecule has 0 bridgehead atoms. The van der Waals surface area contributed by atoms with Crippen LogP contribution in [0.15, 0.2) is 12.1 Å². The Morgan fingerprint density at radius 2 is 2.06 bits per heavy atom. The van der Waals surface area contributed by atoms with E-state index in [-0.39, 0.29) is 6.54 Å². The van der Waals surface area contributed by atoms with Gasteiger partial charge in [-0.2, -0.15) is 10.4 Å². The van der Waals surface area contributed by atoms with Crippen LogP contribution in [-0.4, -0.2) is 16.7 Å². The number of nitrogens with zero attached hydrogens (tertiary/aromatic N) is 3. The van der Waals surface area contributed by atoms with Crippen molar-refractivity contribution in [2.45, 2.75) is 38.0 Å². The zero-order valence-corrected chi connectivity index (χ0v) is 9.32. The molecule has 0 radical (unpaired) electrons. The Balaban J connectivity index is 1.98. The Morgan fingerprint density at radius 1 is 1.25 bits per heavy atom. The molecule has 0 aromatic carbocycles. The van der Waals surface area contributed by atoms with E-state index >= 15 is 0 Å². The minimum Gasteiger partial charge on any atom is -0.356 e. The molecule has 1 aliphatic carbocycles. The van der Waals surface area contributed by atoms with Crippen LogP contribution in [0.4, 0.5) is 5.82 Å². The highest BCUT2D eigenvalue weighted by atomic mass is 15.2. The van der Waals surface area contributed by atoms with Crippen molar-refractivity contribution in [1.29, 1.82) is 5.26 Å².